The second-order valence-corrected chi connectivity index (χ2v) is 10.2. The highest BCUT2D eigenvalue weighted by Gasteiger charge is 2.39. The Bertz CT molecular complexity index is 1110. The van der Waals surface area contributed by atoms with Crippen molar-refractivity contribution in [3.8, 4) is 5.69 Å². The number of piperidine rings is 2. The highest BCUT2D eigenvalue weighted by molar-refractivity contribution is 6.05. The van der Waals surface area contributed by atoms with Crippen LogP contribution >= 0.6 is 0 Å². The molecule has 5 rings (SSSR count). The van der Waals surface area contributed by atoms with Gasteiger partial charge in [0.2, 0.25) is 11.8 Å². The molecule has 0 aliphatic carbocycles. The van der Waals surface area contributed by atoms with Crippen molar-refractivity contribution in [2.45, 2.75) is 58.5 Å². The summed E-state index contributed by atoms with van der Waals surface area (Å²) in [6, 6.07) is 4.97. The van der Waals surface area contributed by atoms with Gasteiger partial charge in [0.05, 0.1) is 17.6 Å². The molecule has 3 amide bonds. The quantitative estimate of drug-likeness (QED) is 0.696. The lowest BCUT2D eigenvalue weighted by molar-refractivity contribution is -0.136. The first-order valence-corrected chi connectivity index (χ1v) is 11.7. The van der Waals surface area contributed by atoms with Crippen molar-refractivity contribution < 1.29 is 14.4 Å². The van der Waals surface area contributed by atoms with Crippen molar-refractivity contribution in [2.24, 2.45) is 5.41 Å². The van der Waals surface area contributed by atoms with E-state index in [1.807, 2.05) is 18.3 Å². The number of hydrogen-bond donors (Lipinski definition) is 1. The van der Waals surface area contributed by atoms with Gasteiger partial charge in [-0.25, -0.2) is 4.68 Å². The van der Waals surface area contributed by atoms with Gasteiger partial charge in [-0.3, -0.25) is 19.7 Å². The third kappa shape index (κ3) is 4.42. The normalized spacial score (nSPS) is 23.0. The number of fused-ring (bicyclic) bond motifs is 1. The van der Waals surface area contributed by atoms with E-state index in [1.165, 1.54) is 12.8 Å². The number of rotatable bonds is 5. The van der Waals surface area contributed by atoms with E-state index in [0.29, 0.717) is 23.9 Å². The largest absolute Gasteiger partial charge is 0.322 e. The molecule has 9 heteroatoms. The molecule has 0 bridgehead atoms. The van der Waals surface area contributed by atoms with Crippen LogP contribution in [0.3, 0.4) is 0 Å². The fraction of sp³-hybridized carbons (Fsp3) is 0.542. The van der Waals surface area contributed by atoms with Gasteiger partial charge in [-0.1, -0.05) is 19.1 Å². The molecule has 3 aliphatic rings. The molecule has 2 fully saturated rings. The van der Waals surface area contributed by atoms with Gasteiger partial charge in [0.15, 0.2) is 0 Å². The molecule has 2 aromatic rings. The van der Waals surface area contributed by atoms with Crippen LogP contribution in [-0.4, -0.2) is 68.2 Å². The van der Waals surface area contributed by atoms with Crippen LogP contribution in [0.1, 0.15) is 61.1 Å². The fourth-order valence-electron chi connectivity index (χ4n) is 5.25. The number of likely N-dealkylation sites (tertiary alicyclic amines) is 1. The molecule has 1 aromatic carbocycles. The van der Waals surface area contributed by atoms with Gasteiger partial charge < -0.3 is 9.80 Å². The Morgan fingerprint density at radius 2 is 2.06 bits per heavy atom. The van der Waals surface area contributed by atoms with E-state index in [0.717, 1.165) is 43.0 Å². The number of hydrogen-bond acceptors (Lipinski definition) is 6. The van der Waals surface area contributed by atoms with Gasteiger partial charge in [0.1, 0.15) is 6.04 Å². The van der Waals surface area contributed by atoms with E-state index in [-0.39, 0.29) is 18.2 Å². The number of nitrogens with zero attached hydrogens (tertiary/aromatic N) is 5. The predicted octanol–water partition coefficient (Wildman–Crippen LogP) is 1.69. The monoisotopic (exact) mass is 450 g/mol. The number of nitrogens with one attached hydrogen (secondary N) is 1. The van der Waals surface area contributed by atoms with Crippen LogP contribution in [0.5, 0.6) is 0 Å². The number of imide groups is 1. The number of benzene rings is 1. The zero-order chi connectivity index (χ0) is 23.2. The molecule has 0 radical (unpaired) electrons. The van der Waals surface area contributed by atoms with Gasteiger partial charge in [0.25, 0.3) is 5.91 Å². The summed E-state index contributed by atoms with van der Waals surface area (Å²) in [6.07, 6.45) is 5.93. The number of aromatic nitrogens is 3. The molecule has 33 heavy (non-hydrogen) atoms. The minimum Gasteiger partial charge on any atom is -0.322 e. The Labute approximate surface area is 193 Å². The maximum Gasteiger partial charge on any atom is 0.255 e. The lowest BCUT2D eigenvalue weighted by Gasteiger charge is -2.37. The van der Waals surface area contributed by atoms with Gasteiger partial charge in [0, 0.05) is 38.0 Å². The van der Waals surface area contributed by atoms with Crippen LogP contribution in [0.2, 0.25) is 0 Å². The minimum atomic E-state index is -0.608. The molecule has 0 spiro atoms. The van der Waals surface area contributed by atoms with Gasteiger partial charge in [-0.15, -0.1) is 5.10 Å². The first kappa shape index (κ1) is 21.8. The van der Waals surface area contributed by atoms with Crippen molar-refractivity contribution in [1.82, 2.24) is 30.1 Å². The second-order valence-electron chi connectivity index (χ2n) is 10.2. The molecule has 4 heterocycles. The van der Waals surface area contributed by atoms with Crippen LogP contribution in [0.4, 0.5) is 0 Å². The highest BCUT2D eigenvalue weighted by Crippen LogP contribution is 2.30. The lowest BCUT2D eigenvalue weighted by atomic mass is 9.84. The van der Waals surface area contributed by atoms with Gasteiger partial charge in [-0.05, 0) is 55.0 Å². The summed E-state index contributed by atoms with van der Waals surface area (Å²) in [4.78, 5) is 40.6. The molecule has 1 aromatic heterocycles. The van der Waals surface area contributed by atoms with E-state index in [9.17, 15) is 14.4 Å². The van der Waals surface area contributed by atoms with Crippen molar-refractivity contribution >= 4 is 17.7 Å². The van der Waals surface area contributed by atoms with Crippen LogP contribution in [0.15, 0.2) is 24.4 Å². The molecular formula is C24H30N6O3. The number of amides is 3. The van der Waals surface area contributed by atoms with Crippen molar-refractivity contribution in [3.63, 3.8) is 0 Å². The Hall–Kier alpha value is -3.07. The summed E-state index contributed by atoms with van der Waals surface area (Å²) >= 11 is 0. The first-order valence-electron chi connectivity index (χ1n) is 11.7. The Morgan fingerprint density at radius 3 is 2.85 bits per heavy atom. The van der Waals surface area contributed by atoms with Gasteiger partial charge >= 0.3 is 0 Å². The third-order valence-corrected chi connectivity index (χ3v) is 6.98. The molecule has 3 aliphatic heterocycles. The summed E-state index contributed by atoms with van der Waals surface area (Å²) in [5.74, 6) is -0.853. The third-order valence-electron chi connectivity index (χ3n) is 6.98. The topological polar surface area (TPSA) is 100 Å². The first-order chi connectivity index (χ1) is 15.8. The van der Waals surface area contributed by atoms with Gasteiger partial charge in [-0.2, -0.15) is 0 Å². The zero-order valence-corrected chi connectivity index (χ0v) is 19.2. The standard InChI is InChI=1S/C24H30N6O3/c1-24(2)9-3-10-28(15-24)11-8-17-14-30(27-26-17)18-4-5-19-16(12-18)13-29(23(19)33)20-6-7-21(31)25-22(20)32/h4-5,12,14,20H,3,6-11,13,15H2,1-2H3,(H,25,31,32). The number of carbonyl (C=O) groups is 3. The average Bonchev–Trinajstić information content (AvgIpc) is 3.36. The molecule has 1 atom stereocenters. The minimum absolute atomic E-state index is 0.171. The number of carbonyl (C=O) groups excluding carboxylic acids is 3. The van der Waals surface area contributed by atoms with Crippen LogP contribution in [-0.2, 0) is 22.6 Å². The second kappa shape index (κ2) is 8.37. The molecule has 9 nitrogen and oxygen atoms in total. The maximum atomic E-state index is 12.9. The van der Waals surface area contributed by atoms with E-state index < -0.39 is 11.9 Å². The fourth-order valence-corrected chi connectivity index (χ4v) is 5.25. The smallest absolute Gasteiger partial charge is 0.255 e. The highest BCUT2D eigenvalue weighted by atomic mass is 16.2. The Morgan fingerprint density at radius 1 is 1.21 bits per heavy atom. The summed E-state index contributed by atoms with van der Waals surface area (Å²) in [5.41, 5.74) is 3.61. The summed E-state index contributed by atoms with van der Waals surface area (Å²) < 4.78 is 1.74. The Kier molecular flexibility index (Phi) is 5.52. The van der Waals surface area contributed by atoms with Crippen molar-refractivity contribution in [1.29, 1.82) is 0 Å². The lowest BCUT2D eigenvalue weighted by Crippen LogP contribution is -2.52. The predicted molar refractivity (Wildman–Crippen MR) is 121 cm³/mol. The van der Waals surface area contributed by atoms with Crippen molar-refractivity contribution in [3.05, 3.63) is 41.2 Å². The Balaban J connectivity index is 1.25. The molecule has 1 unspecified atom stereocenters. The molecular weight excluding hydrogens is 420 g/mol. The SMILES string of the molecule is CC1(C)CCCN(CCc2cn(-c3ccc4c(c3)CN(C3CCC(=O)NC3=O)C4=O)nn2)C1. The zero-order valence-electron chi connectivity index (χ0n) is 19.2. The maximum absolute atomic E-state index is 12.9. The molecule has 0 saturated carbocycles. The van der Waals surface area contributed by atoms with E-state index >= 15 is 0 Å². The molecule has 1 N–H and O–H groups in total. The van der Waals surface area contributed by atoms with E-state index in [4.69, 9.17) is 0 Å². The molecule has 174 valence electrons. The van der Waals surface area contributed by atoms with Crippen LogP contribution in [0.25, 0.3) is 5.69 Å². The summed E-state index contributed by atoms with van der Waals surface area (Å²) in [5, 5.41) is 11.0. The average molecular weight is 451 g/mol. The summed E-state index contributed by atoms with van der Waals surface area (Å²) in [7, 11) is 0. The summed E-state index contributed by atoms with van der Waals surface area (Å²) in [6.45, 7) is 8.23. The van der Waals surface area contributed by atoms with Crippen molar-refractivity contribution in [2.75, 3.05) is 19.6 Å². The van der Waals surface area contributed by atoms with E-state index in [1.54, 1.807) is 15.6 Å². The molecule has 2 saturated heterocycles. The van der Waals surface area contributed by atoms with Crippen LogP contribution < -0.4 is 5.32 Å². The van der Waals surface area contributed by atoms with E-state index in [2.05, 4.69) is 34.4 Å². The van der Waals surface area contributed by atoms with Crippen LogP contribution in [0, 0.1) is 5.41 Å².